The van der Waals surface area contributed by atoms with E-state index < -0.39 is 157 Å². The SMILES string of the molecule is C=C1C#C/C2=C3/C#C/C4=C5/C#C/C6=C7/C#CC(=C)CNC(=O)c8cccc(c8)C(=O)NC[C@H](C)CC[C@H](CNC(=O)c8cccc(c8)C(=O)NC7)[C@H](CC[C@H](CNC(=O)c7cccc(c7)C(=O)NC5)[C@H](CC/C(=C(/CC[C@@H](C)CNC(=O)c5cccc(c5)C(=O)NC1)CNC(=O)c1cccc(c1)C(=O)NC2)CNC(=O)c1cccc(c1)C(=O)NC3)CNC(=O)c1cccc(c1)C(=O)NC4)CNC(=O)c1cccc(c1)C(=O)NC6. The lowest BCUT2D eigenvalue weighted by Crippen LogP contribution is -2.41. The number of hydrogen-bond acceptors (Lipinski definition) is 16. The van der Waals surface area contributed by atoms with E-state index in [0.717, 1.165) is 0 Å². The van der Waals surface area contributed by atoms with E-state index in [1.807, 2.05) is 13.8 Å². The largest absolute Gasteiger partial charge is 0.352 e. The standard InChI is InChI=1S/C116H112N16O16/c1-69-29-33-89-57-121-105(137)77-17-7-18-78(47-77)106(138)122-58-91(34-30-70(2)54-118-102(134)74-14-5-13-73(45-74)101(133)117-53-69)95-39-43-99-67-131-115(147)87-27-11-25-85(51-87)113(145)129-65-97(41-37-93(89)61-125-109(141)81-21-9-22-82(49-81)110(142)126-63-95)98-42-38-94-62-127-111(143)83-23-10-24-84(50-83)112(144)128-64-96(40-44-100(99)68-132-116(148)88-28-12-26-86(52-88)114(146)130-66-98)92-36-32-72(4)56-120-104(136)76-16-6-15-75(46-76)103(135)119-55-71(3)31-35-90(94)59-123-107(139)79-19-8-20-80(48-79)108(140)124-60-92/h5-28,45-52,70,72,91,95,99-100H,1,3,30,32,34,36,39-40,43-44,53-68H2,2,4H3,(H,117,133)(H,118,134)(H,119,135)(H,120,136)(H,121,137)(H,122,138)(H,123,139)(H,124,140)(H,125,141)(H,126,142)(H,127,143)(H,128,144)(H,129,145)(H,130,146)(H,131,147)(H,132,148)/b93-89+,94-90+,96-92+,98-97+/t70-,72-,91-,95-,99-,100-/m1/s1. The van der Waals surface area contributed by atoms with Crippen LogP contribution in [-0.2, 0) is 0 Å². The van der Waals surface area contributed by atoms with Crippen molar-refractivity contribution >= 4 is 94.5 Å². The summed E-state index contributed by atoms with van der Waals surface area (Å²) in [5.74, 6) is 11.1. The molecule has 0 radical (unpaired) electrons. The van der Waals surface area contributed by atoms with Crippen LogP contribution in [0.15, 0.2) is 263 Å². The van der Waals surface area contributed by atoms with Gasteiger partial charge in [0, 0.05) is 186 Å². The second kappa shape index (κ2) is 49.8. The van der Waals surface area contributed by atoms with Gasteiger partial charge in [-0.05, 0) is 232 Å². The van der Waals surface area contributed by atoms with Crippen molar-refractivity contribution < 1.29 is 76.7 Å². The summed E-state index contributed by atoms with van der Waals surface area (Å²) in [6, 6.07) is 47.7. The highest BCUT2D eigenvalue weighted by atomic mass is 16.2. The molecule has 32 heteroatoms. The number of rotatable bonds is 0. The van der Waals surface area contributed by atoms with E-state index in [0.29, 0.717) is 30.4 Å². The summed E-state index contributed by atoms with van der Waals surface area (Å²) in [4.78, 5) is 242. The molecule has 0 fully saturated rings. The van der Waals surface area contributed by atoms with E-state index in [-0.39, 0.29) is 243 Å². The minimum Gasteiger partial charge on any atom is -0.352 e. The maximum Gasteiger partial charge on any atom is 0.251 e. The van der Waals surface area contributed by atoms with Gasteiger partial charge >= 0.3 is 0 Å². The van der Waals surface area contributed by atoms with Crippen LogP contribution in [0.3, 0.4) is 0 Å². The molecular weight excluding hydrogens is 1870 g/mol. The Hall–Kier alpha value is -18.0. The number of fused-ring (bicyclic) bond motifs is 42. The fourth-order valence-electron chi connectivity index (χ4n) is 18.0. The van der Waals surface area contributed by atoms with Gasteiger partial charge in [0.25, 0.3) is 94.5 Å². The lowest BCUT2D eigenvalue weighted by Gasteiger charge is -2.33. The highest BCUT2D eigenvalue weighted by Gasteiger charge is 2.33. The van der Waals surface area contributed by atoms with Gasteiger partial charge in [0.1, 0.15) is 0 Å². The molecule has 7 aliphatic rings. The van der Waals surface area contributed by atoms with Crippen LogP contribution < -0.4 is 85.1 Å². The third-order valence-corrected chi connectivity index (χ3v) is 27.0. The summed E-state index contributed by atoms with van der Waals surface area (Å²) in [5, 5.41) is 48.6. The molecule has 6 atom stereocenters. The van der Waals surface area contributed by atoms with E-state index in [9.17, 15) is 19.2 Å². The third-order valence-electron chi connectivity index (χ3n) is 27.0. The quantitative estimate of drug-likeness (QED) is 0.0499. The maximum atomic E-state index is 15.7. The number of carbonyl (C=O) groups is 16. The van der Waals surface area contributed by atoms with Gasteiger partial charge < -0.3 is 85.1 Å². The first kappa shape index (κ1) is 104. The summed E-state index contributed by atoms with van der Waals surface area (Å²) in [7, 11) is 0. The summed E-state index contributed by atoms with van der Waals surface area (Å²) < 4.78 is 0. The first-order chi connectivity index (χ1) is 71.5. The molecule has 8 aromatic carbocycles. The Morgan fingerprint density at radius 1 is 0.189 bits per heavy atom. The monoisotopic (exact) mass is 1980 g/mol. The lowest BCUT2D eigenvalue weighted by atomic mass is 9.77. The number of carbonyl (C=O) groups excluding carboxylic acids is 16. The first-order valence-corrected chi connectivity index (χ1v) is 49.2. The zero-order valence-electron chi connectivity index (χ0n) is 81.9. The Kier molecular flexibility index (Phi) is 35.1. The summed E-state index contributed by atoms with van der Waals surface area (Å²) in [6.45, 7) is 7.31. The average Bonchev–Trinajstić information content (AvgIpc) is 0.800. The molecule has 7 heterocycles. The van der Waals surface area contributed by atoms with Gasteiger partial charge in [-0.3, -0.25) is 76.7 Å². The van der Waals surface area contributed by atoms with Gasteiger partial charge in [-0.25, -0.2) is 0 Å². The van der Waals surface area contributed by atoms with Crippen LogP contribution in [0.5, 0.6) is 0 Å². The van der Waals surface area contributed by atoms with E-state index >= 15 is 57.5 Å². The molecule has 15 rings (SSSR count). The van der Waals surface area contributed by atoms with Gasteiger partial charge in [0.05, 0.1) is 52.4 Å². The predicted molar refractivity (Wildman–Crippen MR) is 556 cm³/mol. The first-order valence-electron chi connectivity index (χ1n) is 49.2. The zero-order valence-corrected chi connectivity index (χ0v) is 81.9. The van der Waals surface area contributed by atoms with Crippen LogP contribution >= 0.6 is 0 Å². The molecule has 8 aromatic rings. The summed E-state index contributed by atoms with van der Waals surface area (Å²) in [6.07, 6.45) is 1.52. The van der Waals surface area contributed by atoms with Gasteiger partial charge in [-0.1, -0.05) is 134 Å². The highest BCUT2D eigenvalue weighted by Crippen LogP contribution is 2.33. The number of nitrogens with one attached hydrogen (secondary N) is 16. The smallest absolute Gasteiger partial charge is 0.251 e. The molecule has 16 amide bonds. The van der Waals surface area contributed by atoms with Gasteiger partial charge in [0.2, 0.25) is 0 Å². The van der Waals surface area contributed by atoms with Gasteiger partial charge in [-0.2, -0.15) is 0 Å². The fourth-order valence-corrected chi connectivity index (χ4v) is 18.0. The molecule has 16 N–H and O–H groups in total. The Morgan fingerprint density at radius 2 is 0.351 bits per heavy atom. The van der Waals surface area contributed by atoms with Crippen LogP contribution in [0.4, 0.5) is 0 Å². The van der Waals surface area contributed by atoms with E-state index in [4.69, 9.17) is 0 Å². The third kappa shape index (κ3) is 28.3. The molecule has 0 saturated carbocycles. The van der Waals surface area contributed by atoms with Crippen LogP contribution in [0.2, 0.25) is 0 Å². The normalized spacial score (nSPS) is 22.7. The number of benzene rings is 8. The Labute approximate surface area is 856 Å². The fraction of sp³-hybridized carbons (Fsp3) is 0.276. The van der Waals surface area contributed by atoms with Crippen molar-refractivity contribution in [3.63, 3.8) is 0 Å². The molecule has 7 aliphatic heterocycles. The zero-order chi connectivity index (χ0) is 104. The van der Waals surface area contributed by atoms with Crippen LogP contribution in [0.25, 0.3) is 0 Å². The Morgan fingerprint density at radius 3 is 0.574 bits per heavy atom. The molecule has 0 spiro atoms. The van der Waals surface area contributed by atoms with Crippen LogP contribution in [-0.4, -0.2) is 199 Å². The van der Waals surface area contributed by atoms with E-state index in [1.54, 1.807) is 24.3 Å². The molecule has 0 aliphatic carbocycles. The molecular formula is C116H112N16O16. The molecule has 28 bridgehead atoms. The number of amides is 16. The van der Waals surface area contributed by atoms with Crippen molar-refractivity contribution in [1.82, 2.24) is 85.1 Å². The van der Waals surface area contributed by atoms with Crippen molar-refractivity contribution in [2.45, 2.75) is 65.2 Å². The molecule has 0 saturated heterocycles. The summed E-state index contributed by atoms with van der Waals surface area (Å²) >= 11 is 0. The minimum absolute atomic E-state index is 0.00283. The van der Waals surface area contributed by atoms with Crippen LogP contribution in [0.1, 0.15) is 231 Å². The molecule has 32 nitrogen and oxygen atoms in total. The minimum atomic E-state index is -0.787. The van der Waals surface area contributed by atoms with Gasteiger partial charge in [0.15, 0.2) is 0 Å². The molecule has 148 heavy (non-hydrogen) atoms. The second-order valence-corrected chi connectivity index (χ2v) is 37.5. The highest BCUT2D eigenvalue weighted by molar-refractivity contribution is 6.06. The topological polar surface area (TPSA) is 466 Å². The van der Waals surface area contributed by atoms with Crippen molar-refractivity contribution in [3.8, 4) is 47.4 Å². The van der Waals surface area contributed by atoms with Crippen molar-refractivity contribution in [2.24, 2.45) is 35.5 Å². The molecule has 0 unspecified atom stereocenters. The molecule has 752 valence electrons. The molecule has 0 aromatic heterocycles. The van der Waals surface area contributed by atoms with Gasteiger partial charge in [-0.15, -0.1) is 0 Å². The Bertz CT molecular complexity index is 7110. The van der Waals surface area contributed by atoms with E-state index in [1.165, 1.54) is 170 Å². The second-order valence-electron chi connectivity index (χ2n) is 37.5. The maximum absolute atomic E-state index is 15.7. The van der Waals surface area contributed by atoms with Crippen molar-refractivity contribution in [3.05, 3.63) is 352 Å². The average molecular weight is 1990 g/mol. The van der Waals surface area contributed by atoms with Crippen molar-refractivity contribution in [2.75, 3.05) is 105 Å². The number of hydrogen-bond donors (Lipinski definition) is 16. The van der Waals surface area contributed by atoms with E-state index in [2.05, 4.69) is 146 Å². The Balaban J connectivity index is 1.07. The predicted octanol–water partition coefficient (Wildman–Crippen LogP) is 8.53. The summed E-state index contributed by atoms with van der Waals surface area (Å²) in [5.41, 5.74) is 1.36. The van der Waals surface area contributed by atoms with Crippen LogP contribution in [0, 0.1) is 82.9 Å². The van der Waals surface area contributed by atoms with Crippen molar-refractivity contribution in [1.29, 1.82) is 0 Å². The lowest BCUT2D eigenvalue weighted by molar-refractivity contribution is 0.0896.